The molecule has 1 aliphatic heterocycles. The van der Waals surface area contributed by atoms with E-state index in [4.69, 9.17) is 9.47 Å². The molecule has 0 saturated carbocycles. The predicted octanol–water partition coefficient (Wildman–Crippen LogP) is 4.27. The molecule has 2 amide bonds. The minimum Gasteiger partial charge on any atom is -0.492 e. The highest BCUT2D eigenvalue weighted by molar-refractivity contribution is 6.05. The molecule has 0 saturated heterocycles. The number of para-hydroxylation sites is 1. The zero-order valence-electron chi connectivity index (χ0n) is 16.9. The van der Waals surface area contributed by atoms with Gasteiger partial charge in [-0.05, 0) is 61.5 Å². The minimum absolute atomic E-state index is 0.189. The number of carbonyl (C=O) groups excluding carboxylic acids is 2. The smallest absolute Gasteiger partial charge is 0.267 e. The summed E-state index contributed by atoms with van der Waals surface area (Å²) in [7, 11) is 0. The molecule has 3 aromatic carbocycles. The van der Waals surface area contributed by atoms with Gasteiger partial charge in [-0.1, -0.05) is 18.2 Å². The van der Waals surface area contributed by atoms with Gasteiger partial charge in [-0.15, -0.1) is 0 Å². The van der Waals surface area contributed by atoms with E-state index in [9.17, 15) is 14.0 Å². The van der Waals surface area contributed by atoms with Gasteiger partial charge in [0.25, 0.3) is 11.8 Å². The highest BCUT2D eigenvalue weighted by Gasteiger charge is 2.31. The van der Waals surface area contributed by atoms with E-state index in [0.29, 0.717) is 35.8 Å². The number of halogens is 1. The summed E-state index contributed by atoms with van der Waals surface area (Å²) >= 11 is 0. The quantitative estimate of drug-likeness (QED) is 0.647. The first-order chi connectivity index (χ1) is 15.0. The normalized spacial score (nSPS) is 15.1. The molecule has 1 unspecified atom stereocenters. The largest absolute Gasteiger partial charge is 0.492 e. The molecule has 31 heavy (non-hydrogen) atoms. The van der Waals surface area contributed by atoms with Crippen molar-refractivity contribution in [3.63, 3.8) is 0 Å². The third-order valence-corrected chi connectivity index (χ3v) is 4.86. The van der Waals surface area contributed by atoms with E-state index >= 15 is 0 Å². The van der Waals surface area contributed by atoms with Gasteiger partial charge in [0.2, 0.25) is 0 Å². The van der Waals surface area contributed by atoms with Crippen LogP contribution in [0.2, 0.25) is 0 Å². The molecule has 1 aliphatic rings. The van der Waals surface area contributed by atoms with Gasteiger partial charge in [0.1, 0.15) is 23.9 Å². The van der Waals surface area contributed by atoms with Crippen LogP contribution in [-0.2, 0) is 4.79 Å². The van der Waals surface area contributed by atoms with Crippen molar-refractivity contribution in [1.29, 1.82) is 0 Å². The SMILES string of the molecule is CC1Oc2ccc(NC(=O)c3ccc(F)cc3)cc2N(CCOc2ccccc2)C1=O. The molecule has 0 radical (unpaired) electrons. The molecular weight excluding hydrogens is 399 g/mol. The average Bonchev–Trinajstić information content (AvgIpc) is 2.78. The maximum absolute atomic E-state index is 13.1. The van der Waals surface area contributed by atoms with Gasteiger partial charge < -0.3 is 19.7 Å². The highest BCUT2D eigenvalue weighted by Crippen LogP contribution is 2.36. The summed E-state index contributed by atoms with van der Waals surface area (Å²) in [5.41, 5.74) is 1.37. The van der Waals surface area contributed by atoms with E-state index in [1.807, 2.05) is 30.3 Å². The van der Waals surface area contributed by atoms with Gasteiger partial charge in [-0.3, -0.25) is 9.59 Å². The van der Waals surface area contributed by atoms with E-state index in [1.54, 1.807) is 30.0 Å². The second kappa shape index (κ2) is 8.87. The molecule has 158 valence electrons. The molecule has 0 aliphatic carbocycles. The lowest BCUT2D eigenvalue weighted by Gasteiger charge is -2.33. The third-order valence-electron chi connectivity index (χ3n) is 4.86. The number of nitrogens with zero attached hydrogens (tertiary/aromatic N) is 1. The monoisotopic (exact) mass is 420 g/mol. The summed E-state index contributed by atoms with van der Waals surface area (Å²) in [5.74, 6) is 0.286. The number of amides is 2. The Morgan fingerprint density at radius 1 is 1.10 bits per heavy atom. The number of nitrogens with one attached hydrogen (secondary N) is 1. The highest BCUT2D eigenvalue weighted by atomic mass is 19.1. The van der Waals surface area contributed by atoms with Gasteiger partial charge in [0.15, 0.2) is 6.10 Å². The van der Waals surface area contributed by atoms with Crippen molar-refractivity contribution >= 4 is 23.2 Å². The van der Waals surface area contributed by atoms with Crippen LogP contribution in [0.5, 0.6) is 11.5 Å². The van der Waals surface area contributed by atoms with Crippen molar-refractivity contribution in [2.45, 2.75) is 13.0 Å². The van der Waals surface area contributed by atoms with Gasteiger partial charge in [-0.25, -0.2) is 4.39 Å². The Labute approximate surface area is 179 Å². The summed E-state index contributed by atoms with van der Waals surface area (Å²) in [5, 5.41) is 2.77. The van der Waals surface area contributed by atoms with Gasteiger partial charge >= 0.3 is 0 Å². The fourth-order valence-corrected chi connectivity index (χ4v) is 3.29. The van der Waals surface area contributed by atoms with E-state index in [1.165, 1.54) is 24.3 Å². The Bertz CT molecular complexity index is 1090. The molecule has 4 rings (SSSR count). The summed E-state index contributed by atoms with van der Waals surface area (Å²) in [6.07, 6.45) is -0.621. The first-order valence-electron chi connectivity index (χ1n) is 9.88. The maximum atomic E-state index is 13.1. The molecule has 1 heterocycles. The first-order valence-corrected chi connectivity index (χ1v) is 9.88. The van der Waals surface area contributed by atoms with Crippen molar-refractivity contribution in [2.75, 3.05) is 23.4 Å². The van der Waals surface area contributed by atoms with Crippen LogP contribution in [0.25, 0.3) is 0 Å². The van der Waals surface area contributed by atoms with Crippen molar-refractivity contribution in [3.05, 3.63) is 84.2 Å². The minimum atomic E-state index is -0.621. The second-order valence-electron chi connectivity index (χ2n) is 7.05. The predicted molar refractivity (Wildman–Crippen MR) is 115 cm³/mol. The van der Waals surface area contributed by atoms with Gasteiger partial charge in [0, 0.05) is 11.3 Å². The van der Waals surface area contributed by atoms with Crippen molar-refractivity contribution < 1.29 is 23.5 Å². The Hall–Kier alpha value is -3.87. The zero-order chi connectivity index (χ0) is 21.8. The topological polar surface area (TPSA) is 67.9 Å². The Balaban J connectivity index is 1.51. The first kappa shape index (κ1) is 20.4. The molecule has 0 spiro atoms. The van der Waals surface area contributed by atoms with Crippen LogP contribution in [0.1, 0.15) is 17.3 Å². The number of benzene rings is 3. The number of carbonyl (C=O) groups is 2. The molecule has 1 N–H and O–H groups in total. The van der Waals surface area contributed by atoms with Crippen molar-refractivity contribution in [2.24, 2.45) is 0 Å². The van der Waals surface area contributed by atoms with Crippen LogP contribution in [0, 0.1) is 5.82 Å². The van der Waals surface area contributed by atoms with Crippen LogP contribution in [0.15, 0.2) is 72.8 Å². The van der Waals surface area contributed by atoms with Crippen LogP contribution in [0.4, 0.5) is 15.8 Å². The summed E-state index contributed by atoms with van der Waals surface area (Å²) in [4.78, 5) is 26.8. The zero-order valence-corrected chi connectivity index (χ0v) is 16.9. The molecule has 1 atom stereocenters. The average molecular weight is 420 g/mol. The number of hydrogen-bond acceptors (Lipinski definition) is 4. The Morgan fingerprint density at radius 2 is 1.84 bits per heavy atom. The summed E-state index contributed by atoms with van der Waals surface area (Å²) < 4.78 is 24.5. The lowest BCUT2D eigenvalue weighted by Crippen LogP contribution is -2.46. The van der Waals surface area contributed by atoms with Crippen LogP contribution in [0.3, 0.4) is 0 Å². The molecule has 6 nitrogen and oxygen atoms in total. The molecule has 0 fully saturated rings. The fourth-order valence-electron chi connectivity index (χ4n) is 3.29. The molecule has 3 aromatic rings. The fraction of sp³-hybridized carbons (Fsp3) is 0.167. The van der Waals surface area contributed by atoms with Crippen LogP contribution in [-0.4, -0.2) is 31.1 Å². The number of hydrogen-bond donors (Lipinski definition) is 1. The number of ether oxygens (including phenoxy) is 2. The third kappa shape index (κ3) is 4.66. The standard InChI is InChI=1S/C24H21FN2O4/c1-16-24(29)27(13-14-30-20-5-3-2-4-6-20)21-15-19(11-12-22(21)31-16)26-23(28)17-7-9-18(25)10-8-17/h2-12,15-16H,13-14H2,1H3,(H,26,28). The Kier molecular flexibility index (Phi) is 5.84. The number of anilines is 2. The summed E-state index contributed by atoms with van der Waals surface area (Å²) in [6, 6.07) is 19.7. The van der Waals surface area contributed by atoms with E-state index in [-0.39, 0.29) is 11.8 Å². The molecule has 0 bridgehead atoms. The Morgan fingerprint density at radius 3 is 2.58 bits per heavy atom. The lowest BCUT2D eigenvalue weighted by atomic mass is 10.1. The lowest BCUT2D eigenvalue weighted by molar-refractivity contribution is -0.125. The van der Waals surface area contributed by atoms with Crippen LogP contribution >= 0.6 is 0 Å². The van der Waals surface area contributed by atoms with Gasteiger partial charge in [0.05, 0.1) is 12.2 Å². The van der Waals surface area contributed by atoms with Crippen molar-refractivity contribution in [1.82, 2.24) is 0 Å². The van der Waals surface area contributed by atoms with Crippen molar-refractivity contribution in [3.8, 4) is 11.5 Å². The molecule has 0 aromatic heterocycles. The molecular formula is C24H21FN2O4. The van der Waals surface area contributed by atoms with E-state index < -0.39 is 11.9 Å². The maximum Gasteiger partial charge on any atom is 0.267 e. The van der Waals surface area contributed by atoms with E-state index in [0.717, 1.165) is 5.75 Å². The van der Waals surface area contributed by atoms with Crippen LogP contribution < -0.4 is 19.7 Å². The molecule has 7 heteroatoms. The van der Waals surface area contributed by atoms with E-state index in [2.05, 4.69) is 5.32 Å². The number of fused-ring (bicyclic) bond motifs is 1. The van der Waals surface area contributed by atoms with Gasteiger partial charge in [-0.2, -0.15) is 0 Å². The second-order valence-corrected chi connectivity index (χ2v) is 7.05. The number of rotatable bonds is 6. The summed E-state index contributed by atoms with van der Waals surface area (Å²) in [6.45, 7) is 2.32.